The zero-order valence-electron chi connectivity index (χ0n) is 9.06. The minimum absolute atomic E-state index is 0.137. The van der Waals surface area contributed by atoms with E-state index < -0.39 is 6.10 Å². The molecule has 0 fully saturated rings. The number of hydrogen-bond acceptors (Lipinski definition) is 3. The minimum Gasteiger partial charge on any atom is -0.490 e. The fourth-order valence-corrected chi connectivity index (χ4v) is 1.88. The van der Waals surface area contributed by atoms with E-state index in [0.717, 1.165) is 17.7 Å². The topological polar surface area (TPSA) is 38.7 Å². The lowest BCUT2D eigenvalue weighted by molar-refractivity contribution is 0.0642. The van der Waals surface area contributed by atoms with Gasteiger partial charge < -0.3 is 14.6 Å². The Labute approximate surface area is 89.6 Å². The summed E-state index contributed by atoms with van der Waals surface area (Å²) >= 11 is 0. The lowest BCUT2D eigenvalue weighted by Gasteiger charge is -2.11. The molecule has 3 heteroatoms. The highest BCUT2D eigenvalue weighted by Crippen LogP contribution is 2.43. The van der Waals surface area contributed by atoms with Gasteiger partial charge in [0.05, 0.1) is 6.61 Å². The van der Waals surface area contributed by atoms with Crippen LogP contribution in [-0.2, 0) is 0 Å². The highest BCUT2D eigenvalue weighted by atomic mass is 16.5. The van der Waals surface area contributed by atoms with Gasteiger partial charge in [0.1, 0.15) is 12.2 Å². The third kappa shape index (κ3) is 1.67. The van der Waals surface area contributed by atoms with E-state index in [-0.39, 0.29) is 6.10 Å². The van der Waals surface area contributed by atoms with Crippen LogP contribution in [0.2, 0.25) is 0 Å². The van der Waals surface area contributed by atoms with Gasteiger partial charge in [-0.15, -0.1) is 0 Å². The molecular formula is C12H16O3. The largest absolute Gasteiger partial charge is 0.490 e. The van der Waals surface area contributed by atoms with Crippen LogP contribution in [0.1, 0.15) is 31.9 Å². The second-order valence-electron chi connectivity index (χ2n) is 3.62. The van der Waals surface area contributed by atoms with Gasteiger partial charge in [0.25, 0.3) is 0 Å². The lowest BCUT2D eigenvalue weighted by Crippen LogP contribution is -2.16. The van der Waals surface area contributed by atoms with Crippen molar-refractivity contribution in [2.24, 2.45) is 0 Å². The van der Waals surface area contributed by atoms with Gasteiger partial charge in [-0.1, -0.05) is 19.1 Å². The Kier molecular flexibility index (Phi) is 2.82. The van der Waals surface area contributed by atoms with Gasteiger partial charge in [-0.25, -0.2) is 0 Å². The SMILES string of the molecule is CCOc1cccc2c1OC(CC)C2O. The van der Waals surface area contributed by atoms with Crippen molar-refractivity contribution in [3.63, 3.8) is 0 Å². The zero-order chi connectivity index (χ0) is 10.8. The van der Waals surface area contributed by atoms with Gasteiger partial charge in [0.2, 0.25) is 0 Å². The van der Waals surface area contributed by atoms with Crippen molar-refractivity contribution in [2.75, 3.05) is 6.61 Å². The lowest BCUT2D eigenvalue weighted by atomic mass is 10.1. The van der Waals surface area contributed by atoms with Gasteiger partial charge in [0, 0.05) is 5.56 Å². The number of ether oxygens (including phenoxy) is 2. The monoisotopic (exact) mass is 208 g/mol. The molecule has 0 aliphatic carbocycles. The first-order chi connectivity index (χ1) is 7.27. The Morgan fingerprint density at radius 3 is 2.87 bits per heavy atom. The fraction of sp³-hybridized carbons (Fsp3) is 0.500. The molecule has 0 aromatic heterocycles. The Bertz CT molecular complexity index is 349. The standard InChI is InChI=1S/C12H16O3/c1-3-9-11(13)8-6-5-7-10(14-4-2)12(8)15-9/h5-7,9,11,13H,3-4H2,1-2H3. The molecular weight excluding hydrogens is 192 g/mol. The summed E-state index contributed by atoms with van der Waals surface area (Å²) in [6.07, 6.45) is 0.133. The minimum atomic E-state index is -0.523. The van der Waals surface area contributed by atoms with Gasteiger partial charge in [-0.2, -0.15) is 0 Å². The van der Waals surface area contributed by atoms with Crippen LogP contribution >= 0.6 is 0 Å². The number of benzene rings is 1. The molecule has 1 aromatic carbocycles. The summed E-state index contributed by atoms with van der Waals surface area (Å²) in [6.45, 7) is 4.54. The molecule has 0 amide bonds. The molecule has 1 N–H and O–H groups in total. The number of fused-ring (bicyclic) bond motifs is 1. The van der Waals surface area contributed by atoms with Crippen LogP contribution in [0.5, 0.6) is 11.5 Å². The summed E-state index contributed by atoms with van der Waals surface area (Å²) in [6, 6.07) is 5.64. The van der Waals surface area contributed by atoms with Crippen molar-refractivity contribution in [1.82, 2.24) is 0 Å². The Balaban J connectivity index is 2.35. The quantitative estimate of drug-likeness (QED) is 0.828. The molecule has 0 radical (unpaired) electrons. The van der Waals surface area contributed by atoms with Gasteiger partial charge in [0.15, 0.2) is 11.5 Å². The summed E-state index contributed by atoms with van der Waals surface area (Å²) in [7, 11) is 0. The Hall–Kier alpha value is -1.22. The van der Waals surface area contributed by atoms with Crippen LogP contribution in [0.15, 0.2) is 18.2 Å². The average Bonchev–Trinajstić information content (AvgIpc) is 2.58. The maximum Gasteiger partial charge on any atom is 0.167 e. The van der Waals surface area contributed by atoms with E-state index in [9.17, 15) is 5.11 Å². The Morgan fingerprint density at radius 1 is 1.40 bits per heavy atom. The second-order valence-corrected chi connectivity index (χ2v) is 3.62. The van der Waals surface area contributed by atoms with E-state index in [4.69, 9.17) is 9.47 Å². The molecule has 1 aliphatic rings. The van der Waals surface area contributed by atoms with Gasteiger partial charge in [-0.3, -0.25) is 0 Å². The molecule has 0 saturated carbocycles. The molecule has 2 unspecified atom stereocenters. The molecule has 1 heterocycles. The maximum atomic E-state index is 9.95. The first-order valence-electron chi connectivity index (χ1n) is 5.38. The molecule has 2 atom stereocenters. The second kappa shape index (κ2) is 4.11. The van der Waals surface area contributed by atoms with Gasteiger partial charge >= 0.3 is 0 Å². The molecule has 1 aliphatic heterocycles. The maximum absolute atomic E-state index is 9.95. The normalized spacial score (nSPS) is 23.4. The summed E-state index contributed by atoms with van der Waals surface area (Å²) < 4.78 is 11.1. The summed E-state index contributed by atoms with van der Waals surface area (Å²) in [5.74, 6) is 1.43. The predicted octanol–water partition coefficient (Wildman–Crippen LogP) is 2.29. The average molecular weight is 208 g/mol. The van der Waals surface area contributed by atoms with E-state index in [1.807, 2.05) is 32.0 Å². The van der Waals surface area contributed by atoms with E-state index in [0.29, 0.717) is 12.4 Å². The molecule has 0 bridgehead atoms. The van der Waals surface area contributed by atoms with Crippen molar-refractivity contribution in [3.8, 4) is 11.5 Å². The number of hydrogen-bond donors (Lipinski definition) is 1. The van der Waals surface area contributed by atoms with E-state index in [1.165, 1.54) is 0 Å². The van der Waals surface area contributed by atoms with Crippen LogP contribution in [0.3, 0.4) is 0 Å². The molecule has 0 saturated heterocycles. The number of rotatable bonds is 3. The van der Waals surface area contributed by atoms with E-state index in [1.54, 1.807) is 0 Å². The predicted molar refractivity (Wildman–Crippen MR) is 57.3 cm³/mol. The van der Waals surface area contributed by atoms with Crippen LogP contribution < -0.4 is 9.47 Å². The number of para-hydroxylation sites is 1. The van der Waals surface area contributed by atoms with E-state index in [2.05, 4.69) is 0 Å². The first-order valence-corrected chi connectivity index (χ1v) is 5.38. The zero-order valence-corrected chi connectivity index (χ0v) is 9.06. The van der Waals surface area contributed by atoms with Crippen molar-refractivity contribution in [1.29, 1.82) is 0 Å². The Morgan fingerprint density at radius 2 is 2.20 bits per heavy atom. The number of aliphatic hydroxyl groups excluding tert-OH is 1. The molecule has 0 spiro atoms. The summed E-state index contributed by atoms with van der Waals surface area (Å²) in [4.78, 5) is 0. The summed E-state index contributed by atoms with van der Waals surface area (Å²) in [5.41, 5.74) is 0.841. The summed E-state index contributed by atoms with van der Waals surface area (Å²) in [5, 5.41) is 9.95. The highest BCUT2D eigenvalue weighted by Gasteiger charge is 2.33. The molecule has 3 nitrogen and oxygen atoms in total. The highest BCUT2D eigenvalue weighted by molar-refractivity contribution is 5.50. The fourth-order valence-electron chi connectivity index (χ4n) is 1.88. The van der Waals surface area contributed by atoms with Crippen molar-refractivity contribution < 1.29 is 14.6 Å². The molecule has 82 valence electrons. The van der Waals surface area contributed by atoms with Crippen molar-refractivity contribution in [3.05, 3.63) is 23.8 Å². The molecule has 1 aromatic rings. The van der Waals surface area contributed by atoms with Gasteiger partial charge in [-0.05, 0) is 19.4 Å². The van der Waals surface area contributed by atoms with Crippen molar-refractivity contribution >= 4 is 0 Å². The van der Waals surface area contributed by atoms with Crippen LogP contribution in [0, 0.1) is 0 Å². The van der Waals surface area contributed by atoms with E-state index >= 15 is 0 Å². The third-order valence-electron chi connectivity index (χ3n) is 2.65. The van der Waals surface area contributed by atoms with Crippen LogP contribution in [0.4, 0.5) is 0 Å². The van der Waals surface area contributed by atoms with Crippen LogP contribution in [0.25, 0.3) is 0 Å². The van der Waals surface area contributed by atoms with Crippen molar-refractivity contribution in [2.45, 2.75) is 32.5 Å². The third-order valence-corrected chi connectivity index (χ3v) is 2.65. The first kappa shape index (κ1) is 10.3. The van der Waals surface area contributed by atoms with Crippen LogP contribution in [-0.4, -0.2) is 17.8 Å². The smallest absolute Gasteiger partial charge is 0.167 e. The molecule has 15 heavy (non-hydrogen) atoms. The molecule has 2 rings (SSSR count). The number of aliphatic hydroxyl groups is 1.